The highest BCUT2D eigenvalue weighted by atomic mass is 19.1. The van der Waals surface area contributed by atoms with Crippen LogP contribution in [-0.4, -0.2) is 14.8 Å². The summed E-state index contributed by atoms with van der Waals surface area (Å²) in [6.45, 7) is 3.11. The molecule has 0 spiro atoms. The lowest BCUT2D eigenvalue weighted by Crippen LogP contribution is -2.30. The first kappa shape index (κ1) is 19.2. The van der Waals surface area contributed by atoms with Crippen LogP contribution in [-0.2, 0) is 5.60 Å². The molecule has 1 fully saturated rings. The molecule has 152 valence electrons. The highest BCUT2D eigenvalue weighted by molar-refractivity contribution is 5.60. The summed E-state index contributed by atoms with van der Waals surface area (Å²) >= 11 is 0. The minimum atomic E-state index is -1.34. The average Bonchev–Trinajstić information content (AvgIpc) is 3.36. The fourth-order valence-electron chi connectivity index (χ4n) is 3.20. The van der Waals surface area contributed by atoms with Crippen LogP contribution >= 0.6 is 0 Å². The van der Waals surface area contributed by atoms with Crippen molar-refractivity contribution in [3.8, 4) is 17.1 Å². The molecule has 0 unspecified atom stereocenters. The number of halogens is 4. The van der Waals surface area contributed by atoms with Gasteiger partial charge in [0.1, 0.15) is 11.6 Å². The van der Waals surface area contributed by atoms with E-state index in [1.165, 1.54) is 12.1 Å². The first-order chi connectivity index (χ1) is 13.7. The third-order valence-corrected chi connectivity index (χ3v) is 4.70. The molecule has 1 aliphatic rings. The van der Waals surface area contributed by atoms with Gasteiger partial charge in [-0.25, -0.2) is 17.6 Å². The molecule has 0 aliphatic heterocycles. The molecule has 3 aromatic rings. The van der Waals surface area contributed by atoms with Crippen molar-refractivity contribution in [2.24, 2.45) is 0 Å². The number of aromatic nitrogens is 3. The van der Waals surface area contributed by atoms with Crippen molar-refractivity contribution < 1.29 is 22.3 Å². The molecule has 29 heavy (non-hydrogen) atoms. The summed E-state index contributed by atoms with van der Waals surface area (Å²) in [7, 11) is 0. The summed E-state index contributed by atoms with van der Waals surface area (Å²) in [5.74, 6) is -4.11. The Bertz CT molecular complexity index is 1070. The van der Waals surface area contributed by atoms with Crippen molar-refractivity contribution in [2.45, 2.75) is 38.3 Å². The zero-order valence-electron chi connectivity index (χ0n) is 15.7. The molecule has 9 heteroatoms. The Morgan fingerprint density at radius 3 is 2.24 bits per heavy atom. The lowest BCUT2D eigenvalue weighted by molar-refractivity contribution is 0.0822. The average molecular weight is 406 g/mol. The summed E-state index contributed by atoms with van der Waals surface area (Å²) in [5, 5.41) is 8.24. The monoisotopic (exact) mass is 406 g/mol. The SMILES string of the molecule is CC(C)(Oc1c(F)cc(F)cc1F)c1nnc(-c2ccc(N)cc2F)n1C1CC1. The Morgan fingerprint density at radius 2 is 1.66 bits per heavy atom. The minimum absolute atomic E-state index is 0.0118. The fourth-order valence-corrected chi connectivity index (χ4v) is 3.20. The van der Waals surface area contributed by atoms with E-state index < -0.39 is 34.6 Å². The van der Waals surface area contributed by atoms with Gasteiger partial charge in [-0.2, -0.15) is 0 Å². The predicted octanol–water partition coefficient (Wildman–Crippen LogP) is 4.73. The van der Waals surface area contributed by atoms with Crippen molar-refractivity contribution >= 4 is 5.69 Å². The Labute approximate surface area is 164 Å². The normalized spacial score (nSPS) is 14.3. The standard InChI is InChI=1S/C20H18F4N4O/c1-20(2,29-17-15(23)7-10(21)8-16(17)24)19-27-26-18(28(19)12-4-5-12)13-6-3-11(25)9-14(13)22/h3,6-9,12H,4-5,25H2,1-2H3. The van der Waals surface area contributed by atoms with E-state index in [-0.39, 0.29) is 28.9 Å². The lowest BCUT2D eigenvalue weighted by atomic mass is 10.1. The summed E-state index contributed by atoms with van der Waals surface area (Å²) in [6, 6.07) is 5.33. The topological polar surface area (TPSA) is 66.0 Å². The molecular weight excluding hydrogens is 388 g/mol. The molecule has 0 saturated heterocycles. The van der Waals surface area contributed by atoms with Crippen LogP contribution in [0.4, 0.5) is 23.2 Å². The molecule has 1 aliphatic carbocycles. The van der Waals surface area contributed by atoms with Crippen LogP contribution in [0.25, 0.3) is 11.4 Å². The van der Waals surface area contributed by atoms with Gasteiger partial charge in [0.25, 0.3) is 0 Å². The third kappa shape index (κ3) is 3.52. The molecule has 5 nitrogen and oxygen atoms in total. The van der Waals surface area contributed by atoms with Gasteiger partial charge in [0, 0.05) is 23.9 Å². The van der Waals surface area contributed by atoms with E-state index in [2.05, 4.69) is 10.2 Å². The number of nitrogens with two attached hydrogens (primary N) is 1. The van der Waals surface area contributed by atoms with Crippen LogP contribution in [0.5, 0.6) is 5.75 Å². The van der Waals surface area contributed by atoms with Gasteiger partial charge in [0.2, 0.25) is 0 Å². The van der Waals surface area contributed by atoms with Crippen LogP contribution in [0, 0.1) is 23.3 Å². The summed E-state index contributed by atoms with van der Waals surface area (Å²) in [5.41, 5.74) is 4.76. The van der Waals surface area contributed by atoms with Crippen molar-refractivity contribution in [1.29, 1.82) is 0 Å². The van der Waals surface area contributed by atoms with Gasteiger partial charge in [-0.1, -0.05) is 0 Å². The highest BCUT2D eigenvalue weighted by Gasteiger charge is 2.38. The van der Waals surface area contributed by atoms with E-state index in [0.29, 0.717) is 12.1 Å². The molecule has 0 radical (unpaired) electrons. The molecular formula is C20H18F4N4O. The van der Waals surface area contributed by atoms with E-state index in [0.717, 1.165) is 12.8 Å². The quantitative estimate of drug-likeness (QED) is 0.491. The van der Waals surface area contributed by atoms with E-state index in [4.69, 9.17) is 10.5 Å². The number of rotatable bonds is 5. The van der Waals surface area contributed by atoms with Gasteiger partial charge >= 0.3 is 0 Å². The summed E-state index contributed by atoms with van der Waals surface area (Å²) < 4.78 is 63.1. The summed E-state index contributed by atoms with van der Waals surface area (Å²) in [4.78, 5) is 0. The first-order valence-corrected chi connectivity index (χ1v) is 9.01. The molecule has 4 rings (SSSR count). The van der Waals surface area contributed by atoms with Crippen molar-refractivity contribution in [1.82, 2.24) is 14.8 Å². The van der Waals surface area contributed by atoms with Crippen molar-refractivity contribution in [2.75, 3.05) is 5.73 Å². The smallest absolute Gasteiger partial charge is 0.192 e. The summed E-state index contributed by atoms with van der Waals surface area (Å²) in [6.07, 6.45) is 1.65. The second-order valence-corrected chi connectivity index (χ2v) is 7.50. The zero-order valence-corrected chi connectivity index (χ0v) is 15.7. The third-order valence-electron chi connectivity index (χ3n) is 4.70. The first-order valence-electron chi connectivity index (χ1n) is 9.01. The molecule has 1 saturated carbocycles. The molecule has 1 aromatic heterocycles. The molecule has 2 N–H and O–H groups in total. The fraction of sp³-hybridized carbons (Fsp3) is 0.300. The van der Waals surface area contributed by atoms with E-state index in [9.17, 15) is 17.6 Å². The van der Waals surface area contributed by atoms with Crippen LogP contribution in [0.3, 0.4) is 0 Å². The van der Waals surface area contributed by atoms with Gasteiger partial charge in [0.05, 0.1) is 5.56 Å². The Morgan fingerprint density at radius 1 is 1.00 bits per heavy atom. The Hall–Kier alpha value is -3.10. The number of anilines is 1. The number of hydrogen-bond acceptors (Lipinski definition) is 4. The molecule has 0 bridgehead atoms. The zero-order chi connectivity index (χ0) is 20.9. The molecule has 0 amide bonds. The second kappa shape index (κ2) is 6.75. The van der Waals surface area contributed by atoms with Gasteiger partial charge in [-0.15, -0.1) is 10.2 Å². The van der Waals surface area contributed by atoms with Crippen molar-refractivity contribution in [3.63, 3.8) is 0 Å². The van der Waals surface area contributed by atoms with Crippen molar-refractivity contribution in [3.05, 3.63) is 59.4 Å². The van der Waals surface area contributed by atoms with E-state index >= 15 is 0 Å². The van der Waals surface area contributed by atoms with Gasteiger partial charge in [0.15, 0.2) is 34.6 Å². The maximum Gasteiger partial charge on any atom is 0.192 e. The van der Waals surface area contributed by atoms with Crippen LogP contribution in [0.15, 0.2) is 30.3 Å². The van der Waals surface area contributed by atoms with Gasteiger partial charge < -0.3 is 15.0 Å². The predicted molar refractivity (Wildman–Crippen MR) is 98.1 cm³/mol. The Balaban J connectivity index is 1.78. The van der Waals surface area contributed by atoms with Gasteiger partial charge in [-0.05, 0) is 44.9 Å². The van der Waals surface area contributed by atoms with E-state index in [1.54, 1.807) is 24.5 Å². The van der Waals surface area contributed by atoms with E-state index in [1.807, 2.05) is 0 Å². The maximum atomic E-state index is 14.5. The largest absolute Gasteiger partial charge is 0.474 e. The molecule has 1 heterocycles. The molecule has 2 aromatic carbocycles. The second-order valence-electron chi connectivity index (χ2n) is 7.50. The Kier molecular flexibility index (Phi) is 4.48. The number of nitrogen functional groups attached to an aromatic ring is 1. The maximum absolute atomic E-state index is 14.5. The number of ether oxygens (including phenoxy) is 1. The number of nitrogens with zero attached hydrogens (tertiary/aromatic N) is 3. The van der Waals surface area contributed by atoms with Gasteiger partial charge in [-0.3, -0.25) is 0 Å². The number of benzene rings is 2. The number of hydrogen-bond donors (Lipinski definition) is 1. The highest BCUT2D eigenvalue weighted by Crippen LogP contribution is 2.42. The minimum Gasteiger partial charge on any atom is -0.474 e. The lowest BCUT2D eigenvalue weighted by Gasteiger charge is -2.27. The van der Waals surface area contributed by atoms with Crippen LogP contribution in [0.2, 0.25) is 0 Å². The van der Waals surface area contributed by atoms with Crippen LogP contribution in [0.1, 0.15) is 38.6 Å². The van der Waals surface area contributed by atoms with Crippen LogP contribution < -0.4 is 10.5 Å². The molecule has 0 atom stereocenters.